The Labute approximate surface area is 298 Å². The standard InChI is InChI=1S/C41H71NO7/c1-26(45-28(3)43)22-39(10,11)35-21-31(46-29(4)47-35)24-40(12,13)41(14,15)34(44)25-38(8,9)27(2)33-20-30(23-37(5,6)7)48-36(49-33)32-18-16-17-19-42-32/h16-19,26-27,29-31,33-36,44H,20-25H2,1-15H3. The van der Waals surface area contributed by atoms with Crippen molar-refractivity contribution < 1.29 is 33.6 Å². The summed E-state index contributed by atoms with van der Waals surface area (Å²) < 4.78 is 31.3. The van der Waals surface area contributed by atoms with E-state index in [1.807, 2.05) is 32.0 Å². The fraction of sp³-hybridized carbons (Fsp3) is 0.854. The van der Waals surface area contributed by atoms with Crippen molar-refractivity contribution in [3.63, 3.8) is 0 Å². The number of aliphatic hydroxyl groups excluding tert-OH is 1. The third kappa shape index (κ3) is 11.5. The number of hydrogen-bond acceptors (Lipinski definition) is 8. The predicted molar refractivity (Wildman–Crippen MR) is 195 cm³/mol. The molecule has 0 radical (unpaired) electrons. The number of ether oxygens (including phenoxy) is 5. The summed E-state index contributed by atoms with van der Waals surface area (Å²) in [6.45, 7) is 32.2. The van der Waals surface area contributed by atoms with Crippen molar-refractivity contribution in [2.75, 3.05) is 0 Å². The van der Waals surface area contributed by atoms with Gasteiger partial charge in [0.05, 0.1) is 42.3 Å². The van der Waals surface area contributed by atoms with Gasteiger partial charge >= 0.3 is 5.97 Å². The van der Waals surface area contributed by atoms with Crippen molar-refractivity contribution in [2.45, 2.75) is 192 Å². The molecular weight excluding hydrogens is 618 g/mol. The zero-order valence-electron chi connectivity index (χ0n) is 33.6. The minimum absolute atomic E-state index is 0.0237. The smallest absolute Gasteiger partial charge is 0.302 e. The van der Waals surface area contributed by atoms with E-state index in [2.05, 4.69) is 88.1 Å². The van der Waals surface area contributed by atoms with Crippen LogP contribution in [0.3, 0.4) is 0 Å². The molecule has 1 N–H and O–H groups in total. The second-order valence-electron chi connectivity index (χ2n) is 19.1. The number of hydrogen-bond donors (Lipinski definition) is 1. The van der Waals surface area contributed by atoms with Crippen LogP contribution in [0.1, 0.15) is 154 Å². The van der Waals surface area contributed by atoms with Gasteiger partial charge in [-0.15, -0.1) is 0 Å². The number of carbonyl (C=O) groups excluding carboxylic acids is 1. The lowest BCUT2D eigenvalue weighted by atomic mass is 9.58. The molecule has 8 nitrogen and oxygen atoms in total. The highest BCUT2D eigenvalue weighted by Gasteiger charge is 2.49. The average molecular weight is 690 g/mol. The Bertz CT molecular complexity index is 1190. The molecule has 0 spiro atoms. The number of aliphatic hydroxyl groups is 1. The van der Waals surface area contributed by atoms with E-state index >= 15 is 0 Å². The molecule has 1 aromatic rings. The van der Waals surface area contributed by atoms with Crippen LogP contribution in [-0.4, -0.2) is 59.0 Å². The maximum atomic E-state index is 12.1. The zero-order chi connectivity index (χ0) is 37.2. The Balaban J connectivity index is 1.72. The largest absolute Gasteiger partial charge is 0.463 e. The first-order valence-corrected chi connectivity index (χ1v) is 18.7. The van der Waals surface area contributed by atoms with Crippen LogP contribution in [0.25, 0.3) is 0 Å². The third-order valence-corrected chi connectivity index (χ3v) is 12.0. The summed E-state index contributed by atoms with van der Waals surface area (Å²) in [6.07, 6.45) is 4.78. The van der Waals surface area contributed by atoms with E-state index in [4.69, 9.17) is 23.7 Å². The molecule has 3 rings (SSSR count). The fourth-order valence-corrected chi connectivity index (χ4v) is 7.97. The van der Waals surface area contributed by atoms with Crippen molar-refractivity contribution in [2.24, 2.45) is 33.0 Å². The molecule has 8 heteroatoms. The van der Waals surface area contributed by atoms with Crippen molar-refractivity contribution >= 4 is 5.97 Å². The summed E-state index contributed by atoms with van der Waals surface area (Å²) in [5, 5.41) is 12.1. The fourth-order valence-electron chi connectivity index (χ4n) is 7.97. The van der Waals surface area contributed by atoms with Gasteiger partial charge in [-0.3, -0.25) is 9.78 Å². The van der Waals surface area contributed by atoms with Crippen LogP contribution in [0.4, 0.5) is 0 Å². The number of esters is 1. The number of aromatic nitrogens is 1. The van der Waals surface area contributed by atoms with Gasteiger partial charge in [-0.05, 0) is 84.7 Å². The van der Waals surface area contributed by atoms with Gasteiger partial charge in [-0.2, -0.15) is 0 Å². The molecule has 49 heavy (non-hydrogen) atoms. The minimum Gasteiger partial charge on any atom is -0.463 e. The van der Waals surface area contributed by atoms with Crippen LogP contribution in [0, 0.1) is 33.0 Å². The lowest BCUT2D eigenvalue weighted by Crippen LogP contribution is -2.51. The second-order valence-corrected chi connectivity index (χ2v) is 19.1. The first-order valence-electron chi connectivity index (χ1n) is 18.7. The van der Waals surface area contributed by atoms with Gasteiger partial charge in [0.15, 0.2) is 6.29 Å². The molecule has 0 amide bonds. The molecule has 1 aromatic heterocycles. The molecule has 0 aliphatic carbocycles. The molecule has 2 aliphatic rings. The molecule has 2 aliphatic heterocycles. The molecule has 2 fully saturated rings. The van der Waals surface area contributed by atoms with Crippen molar-refractivity contribution in [1.82, 2.24) is 4.98 Å². The van der Waals surface area contributed by atoms with Gasteiger partial charge in [-0.1, -0.05) is 89.2 Å². The highest BCUT2D eigenvalue weighted by atomic mass is 16.7. The molecule has 282 valence electrons. The van der Waals surface area contributed by atoms with Gasteiger partial charge in [0.2, 0.25) is 6.29 Å². The van der Waals surface area contributed by atoms with Crippen LogP contribution >= 0.6 is 0 Å². The number of rotatable bonds is 14. The lowest BCUT2D eigenvalue weighted by Gasteiger charge is -2.51. The molecule has 0 bridgehead atoms. The van der Waals surface area contributed by atoms with E-state index in [0.29, 0.717) is 12.8 Å². The first kappa shape index (κ1) is 41.8. The summed E-state index contributed by atoms with van der Waals surface area (Å²) in [4.78, 5) is 16.1. The van der Waals surface area contributed by atoms with Crippen molar-refractivity contribution in [1.29, 1.82) is 0 Å². The Hall–Kier alpha value is -1.58. The van der Waals surface area contributed by atoms with Gasteiger partial charge in [0.25, 0.3) is 0 Å². The van der Waals surface area contributed by atoms with Crippen LogP contribution in [0.2, 0.25) is 0 Å². The van der Waals surface area contributed by atoms with Crippen molar-refractivity contribution in [3.05, 3.63) is 30.1 Å². The van der Waals surface area contributed by atoms with Gasteiger partial charge < -0.3 is 28.8 Å². The molecule has 3 heterocycles. The first-order chi connectivity index (χ1) is 22.3. The van der Waals surface area contributed by atoms with Gasteiger partial charge in [0, 0.05) is 26.0 Å². The normalized spacial score (nSPS) is 28.1. The average Bonchev–Trinajstić information content (AvgIpc) is 2.94. The Morgan fingerprint density at radius 3 is 2.10 bits per heavy atom. The number of pyridine rings is 1. The van der Waals surface area contributed by atoms with E-state index in [1.165, 1.54) is 6.92 Å². The summed E-state index contributed by atoms with van der Waals surface area (Å²) in [5.74, 6) is -0.100. The van der Waals surface area contributed by atoms with E-state index in [9.17, 15) is 9.90 Å². The maximum Gasteiger partial charge on any atom is 0.302 e. The van der Waals surface area contributed by atoms with E-state index in [-0.39, 0.29) is 70.4 Å². The summed E-state index contributed by atoms with van der Waals surface area (Å²) >= 11 is 0. The SMILES string of the molecule is CC(=O)OC(C)CC(C)(C)C1CC(CC(C)(C)C(C)(C)C(O)CC(C)(C)C(C)C2CC(CC(C)(C)C)OC(c3ccccn3)O2)OC(C)O1. The summed E-state index contributed by atoms with van der Waals surface area (Å²) in [6, 6.07) is 5.86. The topological polar surface area (TPSA) is 96.3 Å². The van der Waals surface area contributed by atoms with Crippen LogP contribution in [-0.2, 0) is 28.5 Å². The highest BCUT2D eigenvalue weighted by Crippen LogP contribution is 2.51. The molecule has 0 aromatic carbocycles. The summed E-state index contributed by atoms with van der Waals surface area (Å²) in [5.41, 5.74) is -0.162. The molecule has 0 saturated carbocycles. The zero-order valence-corrected chi connectivity index (χ0v) is 33.6. The van der Waals surface area contributed by atoms with E-state index < -0.39 is 17.8 Å². The van der Waals surface area contributed by atoms with Crippen LogP contribution in [0.15, 0.2) is 24.4 Å². The van der Waals surface area contributed by atoms with Crippen molar-refractivity contribution in [3.8, 4) is 0 Å². The lowest BCUT2D eigenvalue weighted by molar-refractivity contribution is -0.270. The Kier molecular flexibility index (Phi) is 13.6. The molecular formula is C41H71NO7. The molecule has 2 saturated heterocycles. The quantitative estimate of drug-likeness (QED) is 0.193. The third-order valence-electron chi connectivity index (χ3n) is 12.0. The molecule has 9 atom stereocenters. The Morgan fingerprint density at radius 1 is 0.898 bits per heavy atom. The van der Waals surface area contributed by atoms with E-state index in [1.54, 1.807) is 6.20 Å². The second kappa shape index (κ2) is 16.0. The number of nitrogens with zero attached hydrogens (tertiary/aromatic N) is 1. The molecule has 9 unspecified atom stereocenters. The number of carbonyl (C=O) groups is 1. The Morgan fingerprint density at radius 2 is 1.53 bits per heavy atom. The maximum absolute atomic E-state index is 12.1. The summed E-state index contributed by atoms with van der Waals surface area (Å²) in [7, 11) is 0. The van der Waals surface area contributed by atoms with Crippen LogP contribution < -0.4 is 0 Å². The predicted octanol–water partition coefficient (Wildman–Crippen LogP) is 9.43. The van der Waals surface area contributed by atoms with Gasteiger partial charge in [-0.25, -0.2) is 0 Å². The van der Waals surface area contributed by atoms with E-state index in [0.717, 1.165) is 31.4 Å². The monoisotopic (exact) mass is 690 g/mol. The van der Waals surface area contributed by atoms with Gasteiger partial charge in [0.1, 0.15) is 0 Å². The van der Waals surface area contributed by atoms with Crippen LogP contribution in [0.5, 0.6) is 0 Å². The highest BCUT2D eigenvalue weighted by molar-refractivity contribution is 5.66. The minimum atomic E-state index is -0.550.